The van der Waals surface area contributed by atoms with Crippen LogP contribution in [-0.4, -0.2) is 43.2 Å². The Morgan fingerprint density at radius 2 is 2.08 bits per heavy atom. The summed E-state index contributed by atoms with van der Waals surface area (Å²) >= 11 is 12.6. The molecule has 9 heteroatoms. The summed E-state index contributed by atoms with van der Waals surface area (Å²) in [5.74, 6) is -0.150. The minimum Gasteiger partial charge on any atom is -0.285 e. The van der Waals surface area contributed by atoms with Crippen LogP contribution in [0.2, 0.25) is 10.0 Å². The van der Waals surface area contributed by atoms with Gasteiger partial charge in [0.1, 0.15) is 0 Å². The molecule has 132 valence electrons. The number of benzene rings is 1. The van der Waals surface area contributed by atoms with Crippen molar-refractivity contribution in [3.63, 3.8) is 0 Å². The van der Waals surface area contributed by atoms with E-state index in [4.69, 9.17) is 23.2 Å². The highest BCUT2D eigenvalue weighted by molar-refractivity contribution is 6.36. The summed E-state index contributed by atoms with van der Waals surface area (Å²) in [6.07, 6.45) is 5.64. The maximum atomic E-state index is 12.5. The number of carbonyl (C=O) groups is 1. The van der Waals surface area contributed by atoms with E-state index in [1.54, 1.807) is 24.3 Å². The molecule has 2 atom stereocenters. The van der Waals surface area contributed by atoms with Crippen molar-refractivity contribution in [2.75, 3.05) is 0 Å². The summed E-state index contributed by atoms with van der Waals surface area (Å²) in [6.45, 7) is 2.42. The second-order valence-electron chi connectivity index (χ2n) is 6.10. The molecule has 1 aliphatic heterocycles. The molecule has 26 heavy (non-hydrogen) atoms. The smallest absolute Gasteiger partial charge is 0.245 e. The van der Waals surface area contributed by atoms with Gasteiger partial charge in [0.2, 0.25) is 11.6 Å². The number of hydrogen-bond acceptors (Lipinski definition) is 6. The number of nitrogens with one attached hydrogen (secondary N) is 1. The van der Waals surface area contributed by atoms with E-state index in [1.165, 1.54) is 0 Å². The van der Waals surface area contributed by atoms with Gasteiger partial charge in [0, 0.05) is 32.8 Å². The Bertz CT molecular complexity index is 930. The van der Waals surface area contributed by atoms with Gasteiger partial charge in [0.15, 0.2) is 0 Å². The number of nitrogens with zero attached hydrogens (tertiary/aromatic N) is 5. The number of aromatic nitrogens is 4. The summed E-state index contributed by atoms with van der Waals surface area (Å²) < 4.78 is 0. The first-order chi connectivity index (χ1) is 12.5. The number of hydrazone groups is 1. The standard InChI is InChI=1S/C17H14Cl2N6O/c1-9-11-6-5-10(16(26)17-20-23-24-21-17)7-15(11)25(22-9)8-12-13(18)3-2-4-14(12)19/h2-7,11,15H,8H2,1H3,(H,20,21,23,24). The average molecular weight is 389 g/mol. The number of ketones is 1. The lowest BCUT2D eigenvalue weighted by molar-refractivity contribution is 0.102. The lowest BCUT2D eigenvalue weighted by Crippen LogP contribution is -2.32. The number of tetrazole rings is 1. The van der Waals surface area contributed by atoms with Crippen molar-refractivity contribution in [3.05, 3.63) is 63.4 Å². The number of rotatable bonds is 4. The molecular formula is C17H14Cl2N6O. The minimum absolute atomic E-state index is 0.0377. The van der Waals surface area contributed by atoms with Crippen molar-refractivity contribution in [1.29, 1.82) is 0 Å². The third-order valence-electron chi connectivity index (χ3n) is 4.51. The molecule has 1 N–H and O–H groups in total. The molecule has 0 fully saturated rings. The highest BCUT2D eigenvalue weighted by Crippen LogP contribution is 2.34. The zero-order chi connectivity index (χ0) is 18.3. The van der Waals surface area contributed by atoms with Gasteiger partial charge in [-0.1, -0.05) is 41.4 Å². The van der Waals surface area contributed by atoms with Crippen molar-refractivity contribution in [1.82, 2.24) is 25.6 Å². The van der Waals surface area contributed by atoms with Gasteiger partial charge in [-0.3, -0.25) is 9.80 Å². The minimum atomic E-state index is -0.284. The van der Waals surface area contributed by atoms with Crippen molar-refractivity contribution >= 4 is 34.7 Å². The van der Waals surface area contributed by atoms with Crippen LogP contribution in [0.25, 0.3) is 0 Å². The number of carbonyl (C=O) groups excluding carboxylic acids is 1. The van der Waals surface area contributed by atoms with Crippen LogP contribution < -0.4 is 0 Å². The fourth-order valence-corrected chi connectivity index (χ4v) is 3.70. The first-order valence-corrected chi connectivity index (χ1v) is 8.73. The third kappa shape index (κ3) is 2.93. The van der Waals surface area contributed by atoms with Crippen LogP contribution in [0.3, 0.4) is 0 Å². The van der Waals surface area contributed by atoms with Gasteiger partial charge in [-0.25, -0.2) is 0 Å². The highest BCUT2D eigenvalue weighted by Gasteiger charge is 2.35. The van der Waals surface area contributed by atoms with Crippen LogP contribution in [0.15, 0.2) is 47.1 Å². The van der Waals surface area contributed by atoms with E-state index in [9.17, 15) is 4.79 Å². The maximum Gasteiger partial charge on any atom is 0.245 e. The molecule has 0 amide bonds. The Kier molecular flexibility index (Phi) is 4.34. The number of allylic oxidation sites excluding steroid dienone is 2. The SMILES string of the molecule is CC1=NN(Cc2c(Cl)cccc2Cl)C2C=C(C(=O)c3nn[nH]n3)C=CC12. The second-order valence-corrected chi connectivity index (χ2v) is 6.92. The molecule has 0 bridgehead atoms. The largest absolute Gasteiger partial charge is 0.285 e. The number of Topliss-reactive ketones (excluding diaryl/α,β-unsaturated/α-hetero) is 1. The van der Waals surface area contributed by atoms with Crippen LogP contribution >= 0.6 is 23.2 Å². The van der Waals surface area contributed by atoms with Crippen LogP contribution in [0, 0.1) is 5.92 Å². The first-order valence-electron chi connectivity index (χ1n) is 7.97. The van der Waals surface area contributed by atoms with E-state index >= 15 is 0 Å². The number of aromatic amines is 1. The molecule has 0 radical (unpaired) electrons. The topological polar surface area (TPSA) is 87.1 Å². The van der Waals surface area contributed by atoms with Gasteiger partial charge in [0.05, 0.1) is 12.6 Å². The molecule has 0 saturated heterocycles. The Labute approximate surface area is 159 Å². The summed E-state index contributed by atoms with van der Waals surface area (Å²) in [5, 5.41) is 21.0. The predicted octanol–water partition coefficient (Wildman–Crippen LogP) is 3.06. The molecule has 0 saturated carbocycles. The number of hydrogen-bond donors (Lipinski definition) is 1. The van der Waals surface area contributed by atoms with Crippen LogP contribution in [0.5, 0.6) is 0 Å². The molecule has 1 aromatic heterocycles. The van der Waals surface area contributed by atoms with Gasteiger partial charge in [-0.2, -0.15) is 10.3 Å². The van der Waals surface area contributed by atoms with Crippen molar-refractivity contribution in [2.24, 2.45) is 11.0 Å². The molecule has 2 aromatic rings. The zero-order valence-corrected chi connectivity index (χ0v) is 15.2. The Morgan fingerprint density at radius 3 is 2.77 bits per heavy atom. The van der Waals surface area contributed by atoms with Crippen molar-refractivity contribution < 1.29 is 4.79 Å². The lowest BCUT2D eigenvalue weighted by Gasteiger charge is -2.27. The van der Waals surface area contributed by atoms with E-state index < -0.39 is 0 Å². The molecule has 2 unspecified atom stereocenters. The van der Waals surface area contributed by atoms with Crippen LogP contribution in [-0.2, 0) is 6.54 Å². The molecule has 7 nitrogen and oxygen atoms in total. The summed E-state index contributed by atoms with van der Waals surface area (Å²) in [4.78, 5) is 12.5. The van der Waals surface area contributed by atoms with E-state index in [1.807, 2.05) is 24.1 Å². The van der Waals surface area contributed by atoms with Gasteiger partial charge in [-0.05, 0) is 30.3 Å². The molecule has 2 heterocycles. The van der Waals surface area contributed by atoms with E-state index in [0.29, 0.717) is 22.2 Å². The van der Waals surface area contributed by atoms with Gasteiger partial charge in [-0.15, -0.1) is 10.2 Å². The Morgan fingerprint density at radius 1 is 1.31 bits per heavy atom. The van der Waals surface area contributed by atoms with Crippen molar-refractivity contribution in [2.45, 2.75) is 19.5 Å². The summed E-state index contributed by atoms with van der Waals surface area (Å²) in [5.41, 5.74) is 2.28. The normalized spacial score (nSPS) is 21.4. The molecule has 4 rings (SSSR count). The van der Waals surface area contributed by atoms with E-state index in [2.05, 4.69) is 25.7 Å². The van der Waals surface area contributed by atoms with Gasteiger partial charge < -0.3 is 0 Å². The third-order valence-corrected chi connectivity index (χ3v) is 5.21. The van der Waals surface area contributed by atoms with Crippen LogP contribution in [0.4, 0.5) is 0 Å². The molecule has 1 aliphatic carbocycles. The second kappa shape index (κ2) is 6.66. The number of halogens is 2. The quantitative estimate of drug-likeness (QED) is 0.813. The van der Waals surface area contributed by atoms with Crippen molar-refractivity contribution in [3.8, 4) is 0 Å². The molecular weight excluding hydrogens is 375 g/mol. The monoisotopic (exact) mass is 388 g/mol. The maximum absolute atomic E-state index is 12.5. The van der Waals surface area contributed by atoms with Crippen LogP contribution in [0.1, 0.15) is 23.1 Å². The summed E-state index contributed by atoms with van der Waals surface area (Å²) in [6, 6.07) is 5.31. The molecule has 0 spiro atoms. The zero-order valence-electron chi connectivity index (χ0n) is 13.7. The number of fused-ring (bicyclic) bond motifs is 1. The van der Waals surface area contributed by atoms with Gasteiger partial charge in [0.25, 0.3) is 0 Å². The predicted molar refractivity (Wildman–Crippen MR) is 98.1 cm³/mol. The lowest BCUT2D eigenvalue weighted by atomic mass is 9.88. The van der Waals surface area contributed by atoms with Gasteiger partial charge >= 0.3 is 0 Å². The van der Waals surface area contributed by atoms with E-state index in [0.717, 1.165) is 11.3 Å². The highest BCUT2D eigenvalue weighted by atomic mass is 35.5. The Hall–Kier alpha value is -2.51. The number of H-pyrrole nitrogens is 1. The molecule has 2 aliphatic rings. The van der Waals surface area contributed by atoms with E-state index in [-0.39, 0.29) is 23.6 Å². The fourth-order valence-electron chi connectivity index (χ4n) is 3.18. The molecule has 1 aromatic carbocycles. The Balaban J connectivity index is 1.63. The first kappa shape index (κ1) is 16.9. The fraction of sp³-hybridized carbons (Fsp3) is 0.235. The average Bonchev–Trinajstić information content (AvgIpc) is 3.26. The summed E-state index contributed by atoms with van der Waals surface area (Å²) in [7, 11) is 0.